The number of rotatable bonds is 3. The second kappa shape index (κ2) is 3.76. The number of aromatic nitrogens is 2. The van der Waals surface area contributed by atoms with E-state index in [1.54, 1.807) is 0 Å². The molecule has 0 N–H and O–H groups in total. The van der Waals surface area contributed by atoms with Crippen LogP contribution in [0.2, 0.25) is 0 Å². The Morgan fingerprint density at radius 1 is 1.31 bits per heavy atom. The molecule has 0 bridgehead atoms. The van der Waals surface area contributed by atoms with Gasteiger partial charge in [-0.3, -0.25) is 10.1 Å². The van der Waals surface area contributed by atoms with Gasteiger partial charge in [0.2, 0.25) is 5.89 Å². The third kappa shape index (κ3) is 1.79. The van der Waals surface area contributed by atoms with E-state index in [0.717, 1.165) is 0 Å². The highest BCUT2D eigenvalue weighted by Crippen LogP contribution is 2.26. The molecule has 84 valence electrons. The fraction of sp³-hybridized carbons (Fsp3) is 0.333. The number of nitro groups is 1. The van der Waals surface area contributed by atoms with Gasteiger partial charge in [0.25, 0.3) is 5.89 Å². The van der Waals surface area contributed by atoms with Crippen LogP contribution in [0.5, 0.6) is 0 Å². The first-order chi connectivity index (χ1) is 7.58. The van der Waals surface area contributed by atoms with Gasteiger partial charge in [-0.05, 0) is 6.07 Å². The summed E-state index contributed by atoms with van der Waals surface area (Å²) in [6, 6.07) is 2.67. The third-order valence-electron chi connectivity index (χ3n) is 1.92. The molecule has 0 saturated carbocycles. The van der Waals surface area contributed by atoms with Crippen molar-refractivity contribution in [1.82, 2.24) is 10.2 Å². The van der Waals surface area contributed by atoms with Crippen LogP contribution in [-0.2, 0) is 0 Å². The minimum absolute atomic E-state index is 0.103. The van der Waals surface area contributed by atoms with Gasteiger partial charge in [0.15, 0.2) is 5.76 Å². The molecule has 0 aromatic carbocycles. The number of nitrogens with zero attached hydrogens (tertiary/aromatic N) is 3. The second-order valence-electron chi connectivity index (χ2n) is 3.50. The van der Waals surface area contributed by atoms with Crippen LogP contribution in [0, 0.1) is 10.1 Å². The zero-order valence-corrected chi connectivity index (χ0v) is 8.71. The van der Waals surface area contributed by atoms with Gasteiger partial charge in [-0.15, -0.1) is 10.2 Å². The van der Waals surface area contributed by atoms with E-state index in [4.69, 9.17) is 8.83 Å². The van der Waals surface area contributed by atoms with E-state index in [9.17, 15) is 10.1 Å². The molecule has 2 heterocycles. The van der Waals surface area contributed by atoms with Crippen molar-refractivity contribution in [3.05, 3.63) is 28.1 Å². The molecule has 0 amide bonds. The lowest BCUT2D eigenvalue weighted by Crippen LogP contribution is -1.85. The fourth-order valence-corrected chi connectivity index (χ4v) is 1.11. The van der Waals surface area contributed by atoms with Crippen LogP contribution in [0.4, 0.5) is 5.88 Å². The second-order valence-corrected chi connectivity index (χ2v) is 3.50. The SMILES string of the molecule is CC(C)c1nnc(-c2ccc([N+](=O)[O-])o2)o1. The molecule has 0 fully saturated rings. The van der Waals surface area contributed by atoms with Crippen LogP contribution in [0.15, 0.2) is 21.0 Å². The van der Waals surface area contributed by atoms with E-state index in [0.29, 0.717) is 5.89 Å². The normalized spacial score (nSPS) is 10.9. The minimum atomic E-state index is -0.622. The first-order valence-electron chi connectivity index (χ1n) is 4.66. The standard InChI is InChI=1S/C9H9N3O4/c1-5(2)8-10-11-9(16-8)6-3-4-7(15-6)12(13)14/h3-5H,1-2H3. The molecule has 16 heavy (non-hydrogen) atoms. The van der Waals surface area contributed by atoms with Crippen LogP contribution in [0.25, 0.3) is 11.7 Å². The predicted molar refractivity (Wildman–Crippen MR) is 52.7 cm³/mol. The summed E-state index contributed by atoms with van der Waals surface area (Å²) < 4.78 is 10.2. The lowest BCUT2D eigenvalue weighted by molar-refractivity contribution is -0.401. The average Bonchev–Trinajstić information content (AvgIpc) is 2.86. The van der Waals surface area contributed by atoms with Crippen LogP contribution >= 0.6 is 0 Å². The zero-order valence-electron chi connectivity index (χ0n) is 8.71. The molecular weight excluding hydrogens is 214 g/mol. The van der Waals surface area contributed by atoms with Crippen molar-refractivity contribution in [3.63, 3.8) is 0 Å². The van der Waals surface area contributed by atoms with Crippen LogP contribution < -0.4 is 0 Å². The van der Waals surface area contributed by atoms with Crippen molar-refractivity contribution in [2.45, 2.75) is 19.8 Å². The van der Waals surface area contributed by atoms with Crippen LogP contribution in [0.3, 0.4) is 0 Å². The summed E-state index contributed by atoms with van der Waals surface area (Å²) in [4.78, 5) is 9.78. The summed E-state index contributed by atoms with van der Waals surface area (Å²) in [7, 11) is 0. The Morgan fingerprint density at radius 2 is 2.06 bits per heavy atom. The average molecular weight is 223 g/mol. The van der Waals surface area contributed by atoms with E-state index >= 15 is 0 Å². The van der Waals surface area contributed by atoms with E-state index in [-0.39, 0.29) is 23.5 Å². The molecule has 0 unspecified atom stereocenters. The maximum atomic E-state index is 10.4. The fourth-order valence-electron chi connectivity index (χ4n) is 1.11. The Bertz CT molecular complexity index is 514. The maximum absolute atomic E-state index is 10.4. The molecule has 0 aliphatic carbocycles. The summed E-state index contributed by atoms with van der Waals surface area (Å²) in [6.07, 6.45) is 0. The van der Waals surface area contributed by atoms with Gasteiger partial charge < -0.3 is 8.83 Å². The highest BCUT2D eigenvalue weighted by atomic mass is 16.6. The number of hydrogen-bond acceptors (Lipinski definition) is 6. The van der Waals surface area contributed by atoms with Crippen molar-refractivity contribution in [2.75, 3.05) is 0 Å². The van der Waals surface area contributed by atoms with Crippen molar-refractivity contribution < 1.29 is 13.8 Å². The smallest absolute Gasteiger partial charge is 0.418 e. The molecule has 7 heteroatoms. The quantitative estimate of drug-likeness (QED) is 0.585. The first kappa shape index (κ1) is 10.3. The van der Waals surface area contributed by atoms with Crippen molar-refractivity contribution in [3.8, 4) is 11.7 Å². The van der Waals surface area contributed by atoms with Gasteiger partial charge in [-0.2, -0.15) is 0 Å². The minimum Gasteiger partial charge on any atom is -0.418 e. The molecule has 2 rings (SSSR count). The first-order valence-corrected chi connectivity index (χ1v) is 4.66. The summed E-state index contributed by atoms with van der Waals surface area (Å²) in [5.41, 5.74) is 0. The van der Waals surface area contributed by atoms with E-state index < -0.39 is 4.92 Å². The highest BCUT2D eigenvalue weighted by Gasteiger charge is 2.18. The van der Waals surface area contributed by atoms with Gasteiger partial charge in [0.05, 0.1) is 6.07 Å². The Kier molecular flexibility index (Phi) is 2.43. The van der Waals surface area contributed by atoms with Gasteiger partial charge in [-0.1, -0.05) is 13.8 Å². The molecule has 2 aromatic heterocycles. The van der Waals surface area contributed by atoms with Gasteiger partial charge in [-0.25, -0.2) is 0 Å². The topological polar surface area (TPSA) is 95.2 Å². The molecule has 2 aromatic rings. The summed E-state index contributed by atoms with van der Waals surface area (Å²) >= 11 is 0. The molecule has 0 atom stereocenters. The molecule has 0 saturated heterocycles. The molecule has 0 aliphatic rings. The van der Waals surface area contributed by atoms with E-state index in [1.807, 2.05) is 13.8 Å². The Balaban J connectivity index is 2.31. The van der Waals surface area contributed by atoms with E-state index in [2.05, 4.69) is 10.2 Å². The molecule has 7 nitrogen and oxygen atoms in total. The summed E-state index contributed by atoms with van der Waals surface area (Å²) in [5, 5.41) is 18.0. The van der Waals surface area contributed by atoms with Gasteiger partial charge >= 0.3 is 5.88 Å². The molecule has 0 spiro atoms. The molecule has 0 radical (unpaired) electrons. The lowest BCUT2D eigenvalue weighted by atomic mass is 10.2. The Morgan fingerprint density at radius 3 is 2.56 bits per heavy atom. The highest BCUT2D eigenvalue weighted by molar-refractivity contribution is 5.46. The van der Waals surface area contributed by atoms with Crippen LogP contribution in [0.1, 0.15) is 25.7 Å². The number of furan rings is 1. The Hall–Kier alpha value is -2.18. The molecular formula is C9H9N3O4. The van der Waals surface area contributed by atoms with Gasteiger partial charge in [0.1, 0.15) is 4.92 Å². The van der Waals surface area contributed by atoms with Crippen molar-refractivity contribution >= 4 is 5.88 Å². The van der Waals surface area contributed by atoms with Crippen molar-refractivity contribution in [1.29, 1.82) is 0 Å². The largest absolute Gasteiger partial charge is 0.433 e. The van der Waals surface area contributed by atoms with Gasteiger partial charge in [0, 0.05) is 5.92 Å². The lowest BCUT2D eigenvalue weighted by Gasteiger charge is -1.93. The third-order valence-corrected chi connectivity index (χ3v) is 1.92. The van der Waals surface area contributed by atoms with Crippen molar-refractivity contribution in [2.24, 2.45) is 0 Å². The zero-order chi connectivity index (χ0) is 11.7. The summed E-state index contributed by atoms with van der Waals surface area (Å²) in [6.45, 7) is 3.81. The maximum Gasteiger partial charge on any atom is 0.433 e. The Labute approximate surface area is 90.2 Å². The number of hydrogen-bond donors (Lipinski definition) is 0. The summed E-state index contributed by atoms with van der Waals surface area (Å²) in [5.74, 6) is 0.572. The van der Waals surface area contributed by atoms with E-state index in [1.165, 1.54) is 12.1 Å². The predicted octanol–water partition coefficient (Wildman–Crippen LogP) is 2.36. The van der Waals surface area contributed by atoms with Crippen LogP contribution in [-0.4, -0.2) is 15.1 Å². The monoisotopic (exact) mass is 223 g/mol. The molecule has 0 aliphatic heterocycles.